The summed E-state index contributed by atoms with van der Waals surface area (Å²) in [5.74, 6) is 1.11. The van der Waals surface area contributed by atoms with Gasteiger partial charge in [0.2, 0.25) is 0 Å². The molecule has 7 nitrogen and oxygen atoms in total. The van der Waals surface area contributed by atoms with Gasteiger partial charge in [-0.15, -0.1) is 0 Å². The molecular weight excluding hydrogens is 234 g/mol. The number of rotatable bonds is 4. The highest BCUT2D eigenvalue weighted by Gasteiger charge is 2.29. The van der Waals surface area contributed by atoms with Gasteiger partial charge in [-0.1, -0.05) is 0 Å². The van der Waals surface area contributed by atoms with Crippen molar-refractivity contribution in [2.45, 2.75) is 25.9 Å². The second-order valence-electron chi connectivity index (χ2n) is 4.57. The lowest BCUT2D eigenvalue weighted by Gasteiger charge is -2.18. The summed E-state index contributed by atoms with van der Waals surface area (Å²) in [5, 5.41) is 13.7. The number of nitrogens with one attached hydrogen (secondary N) is 3. The van der Waals surface area contributed by atoms with Gasteiger partial charge in [0.1, 0.15) is 12.0 Å². The van der Waals surface area contributed by atoms with E-state index >= 15 is 0 Å². The summed E-state index contributed by atoms with van der Waals surface area (Å²) in [6.45, 7) is 5.01. The Hall–Kier alpha value is -1.73. The van der Waals surface area contributed by atoms with Crippen LogP contribution in [0.1, 0.15) is 13.8 Å². The number of nitrogens with zero attached hydrogens (tertiary/aromatic N) is 2. The molecule has 2 atom stereocenters. The molecule has 1 aliphatic heterocycles. The molecular formula is C11H17N5O2. The van der Waals surface area contributed by atoms with E-state index in [-0.39, 0.29) is 5.69 Å². The van der Waals surface area contributed by atoms with E-state index in [4.69, 9.17) is 0 Å². The third-order valence-electron chi connectivity index (χ3n) is 3.30. The molecule has 0 amide bonds. The monoisotopic (exact) mass is 251 g/mol. The zero-order valence-corrected chi connectivity index (χ0v) is 10.4. The Labute approximate surface area is 105 Å². The summed E-state index contributed by atoms with van der Waals surface area (Å²) in [6, 6.07) is 3.84. The lowest BCUT2D eigenvalue weighted by atomic mass is 9.97. The van der Waals surface area contributed by atoms with Crippen LogP contribution in [0.2, 0.25) is 0 Å². The van der Waals surface area contributed by atoms with Gasteiger partial charge in [-0.05, 0) is 19.9 Å². The number of aromatic nitrogens is 1. The van der Waals surface area contributed by atoms with E-state index in [0.29, 0.717) is 23.8 Å². The Morgan fingerprint density at radius 2 is 2.06 bits per heavy atom. The van der Waals surface area contributed by atoms with Crippen LogP contribution in [0.5, 0.6) is 0 Å². The van der Waals surface area contributed by atoms with Gasteiger partial charge in [0.15, 0.2) is 0 Å². The fourth-order valence-electron chi connectivity index (χ4n) is 2.08. The number of hydrogen-bond acceptors (Lipinski definition) is 6. The number of nitro groups is 1. The van der Waals surface area contributed by atoms with Crippen LogP contribution < -0.4 is 16.2 Å². The lowest BCUT2D eigenvalue weighted by molar-refractivity contribution is -0.385. The van der Waals surface area contributed by atoms with Gasteiger partial charge in [0.25, 0.3) is 5.69 Å². The van der Waals surface area contributed by atoms with Crippen molar-refractivity contribution in [2.24, 2.45) is 5.92 Å². The SMILES string of the molecule is CC1NNC(C)C1CNc1ccc([N+](=O)[O-])cn1. The molecule has 18 heavy (non-hydrogen) atoms. The summed E-state index contributed by atoms with van der Waals surface area (Å²) < 4.78 is 0. The van der Waals surface area contributed by atoms with E-state index in [2.05, 4.69) is 35.0 Å². The summed E-state index contributed by atoms with van der Waals surface area (Å²) in [4.78, 5) is 14.1. The number of hydrogen-bond donors (Lipinski definition) is 3. The van der Waals surface area contributed by atoms with Crippen LogP contribution in [0, 0.1) is 16.0 Å². The number of pyridine rings is 1. The van der Waals surface area contributed by atoms with E-state index in [9.17, 15) is 10.1 Å². The van der Waals surface area contributed by atoms with Crippen molar-refractivity contribution in [2.75, 3.05) is 11.9 Å². The van der Waals surface area contributed by atoms with Gasteiger partial charge in [0.05, 0.1) is 4.92 Å². The first-order valence-electron chi connectivity index (χ1n) is 5.93. The van der Waals surface area contributed by atoms with E-state index in [1.807, 2.05) is 0 Å². The van der Waals surface area contributed by atoms with Crippen LogP contribution in [-0.2, 0) is 0 Å². The highest BCUT2D eigenvalue weighted by atomic mass is 16.6. The fraction of sp³-hybridized carbons (Fsp3) is 0.545. The first-order valence-corrected chi connectivity index (χ1v) is 5.93. The first-order chi connectivity index (χ1) is 8.58. The second-order valence-corrected chi connectivity index (χ2v) is 4.57. The zero-order chi connectivity index (χ0) is 13.1. The molecule has 0 saturated carbocycles. The highest BCUT2D eigenvalue weighted by molar-refractivity contribution is 5.40. The van der Waals surface area contributed by atoms with Crippen LogP contribution >= 0.6 is 0 Å². The maximum atomic E-state index is 10.5. The largest absolute Gasteiger partial charge is 0.370 e. The molecule has 0 aromatic carbocycles. The van der Waals surface area contributed by atoms with E-state index in [1.54, 1.807) is 6.07 Å². The van der Waals surface area contributed by atoms with Gasteiger partial charge >= 0.3 is 0 Å². The Bertz CT molecular complexity index is 412. The third-order valence-corrected chi connectivity index (χ3v) is 3.30. The molecule has 2 heterocycles. The molecule has 0 bridgehead atoms. The number of anilines is 1. The number of hydrazine groups is 1. The van der Waals surface area contributed by atoms with Gasteiger partial charge in [0, 0.05) is 30.6 Å². The van der Waals surface area contributed by atoms with E-state index in [0.717, 1.165) is 6.54 Å². The van der Waals surface area contributed by atoms with Gasteiger partial charge in [-0.25, -0.2) is 4.98 Å². The van der Waals surface area contributed by atoms with Crippen molar-refractivity contribution in [3.63, 3.8) is 0 Å². The van der Waals surface area contributed by atoms with Crippen LogP contribution in [-0.4, -0.2) is 28.5 Å². The molecule has 1 aromatic rings. The van der Waals surface area contributed by atoms with E-state index in [1.165, 1.54) is 12.3 Å². The maximum absolute atomic E-state index is 10.5. The molecule has 0 aliphatic carbocycles. The third kappa shape index (κ3) is 2.74. The molecule has 98 valence electrons. The average molecular weight is 251 g/mol. The van der Waals surface area contributed by atoms with Crippen molar-refractivity contribution in [1.29, 1.82) is 0 Å². The van der Waals surface area contributed by atoms with Gasteiger partial charge in [-0.3, -0.25) is 21.0 Å². The summed E-state index contributed by atoms with van der Waals surface area (Å²) in [5.41, 5.74) is 6.37. The Morgan fingerprint density at radius 3 is 2.56 bits per heavy atom. The van der Waals surface area contributed by atoms with Crippen LogP contribution in [0.3, 0.4) is 0 Å². The molecule has 2 unspecified atom stereocenters. The van der Waals surface area contributed by atoms with Crippen LogP contribution in [0.25, 0.3) is 0 Å². The standard InChI is InChI=1S/C11H17N5O2/c1-7-10(8(2)15-14-7)6-13-11-4-3-9(5-12-11)16(17)18/h3-5,7-8,10,14-15H,6H2,1-2H3,(H,12,13). The van der Waals surface area contributed by atoms with Crippen LogP contribution in [0.4, 0.5) is 11.5 Å². The Kier molecular flexibility index (Phi) is 3.73. The lowest BCUT2D eigenvalue weighted by Crippen LogP contribution is -2.30. The minimum Gasteiger partial charge on any atom is -0.370 e. The molecule has 1 saturated heterocycles. The Morgan fingerprint density at radius 1 is 1.39 bits per heavy atom. The predicted octanol–water partition coefficient (Wildman–Crippen LogP) is 0.903. The molecule has 1 aromatic heterocycles. The highest BCUT2D eigenvalue weighted by Crippen LogP contribution is 2.16. The van der Waals surface area contributed by atoms with Gasteiger partial charge in [-0.2, -0.15) is 0 Å². The van der Waals surface area contributed by atoms with Crippen molar-refractivity contribution in [3.05, 3.63) is 28.4 Å². The molecule has 0 spiro atoms. The molecule has 3 N–H and O–H groups in total. The quantitative estimate of drug-likeness (QED) is 0.544. The molecule has 1 fully saturated rings. The normalized spacial score (nSPS) is 27.1. The summed E-state index contributed by atoms with van der Waals surface area (Å²) >= 11 is 0. The van der Waals surface area contributed by atoms with Crippen molar-refractivity contribution in [3.8, 4) is 0 Å². The van der Waals surface area contributed by atoms with Crippen molar-refractivity contribution >= 4 is 11.5 Å². The van der Waals surface area contributed by atoms with E-state index < -0.39 is 4.92 Å². The first kappa shape index (κ1) is 12.7. The summed E-state index contributed by atoms with van der Waals surface area (Å²) in [6.07, 6.45) is 1.26. The van der Waals surface area contributed by atoms with Gasteiger partial charge < -0.3 is 5.32 Å². The topological polar surface area (TPSA) is 92.1 Å². The predicted molar refractivity (Wildman–Crippen MR) is 68.1 cm³/mol. The summed E-state index contributed by atoms with van der Waals surface area (Å²) in [7, 11) is 0. The average Bonchev–Trinajstić information content (AvgIpc) is 2.67. The fourth-order valence-corrected chi connectivity index (χ4v) is 2.08. The minimum atomic E-state index is -0.453. The van der Waals surface area contributed by atoms with Crippen molar-refractivity contribution < 1.29 is 4.92 Å². The maximum Gasteiger partial charge on any atom is 0.287 e. The second kappa shape index (κ2) is 5.28. The van der Waals surface area contributed by atoms with Crippen molar-refractivity contribution in [1.82, 2.24) is 15.8 Å². The molecule has 1 aliphatic rings. The minimum absolute atomic E-state index is 0.00601. The molecule has 0 radical (unpaired) electrons. The smallest absolute Gasteiger partial charge is 0.287 e. The molecule has 7 heteroatoms. The Balaban J connectivity index is 1.92. The zero-order valence-electron chi connectivity index (χ0n) is 10.4. The van der Waals surface area contributed by atoms with Crippen LogP contribution in [0.15, 0.2) is 18.3 Å². The molecule has 2 rings (SSSR count).